The minimum absolute atomic E-state index is 0.564. The van der Waals surface area contributed by atoms with Gasteiger partial charge in [-0.1, -0.05) is 54.6 Å². The minimum atomic E-state index is -0.564. The van der Waals surface area contributed by atoms with Crippen molar-refractivity contribution in [1.29, 1.82) is 0 Å². The second-order valence-corrected chi connectivity index (χ2v) is 4.32. The molecule has 0 N–H and O–H groups in total. The maximum Gasteiger partial charge on any atom is 0.349 e. The molecular formula is C16H13ClO2. The fourth-order valence-corrected chi connectivity index (χ4v) is 1.88. The SMILES string of the molecule is C/C(=C\C(=O)OCl)c1ccc(-c2ccccc2)cc1. The summed E-state index contributed by atoms with van der Waals surface area (Å²) >= 11 is 4.99. The van der Waals surface area contributed by atoms with Crippen molar-refractivity contribution in [3.63, 3.8) is 0 Å². The lowest BCUT2D eigenvalue weighted by Crippen LogP contribution is -1.92. The molecule has 19 heavy (non-hydrogen) atoms. The zero-order chi connectivity index (χ0) is 13.7. The molecule has 0 atom stereocenters. The highest BCUT2D eigenvalue weighted by Crippen LogP contribution is 2.22. The van der Waals surface area contributed by atoms with Gasteiger partial charge < -0.3 is 4.29 Å². The van der Waals surface area contributed by atoms with Gasteiger partial charge in [-0.3, -0.25) is 0 Å². The Bertz CT molecular complexity index is 586. The number of rotatable bonds is 3. The van der Waals surface area contributed by atoms with Gasteiger partial charge >= 0.3 is 5.97 Å². The molecule has 0 aliphatic carbocycles. The molecule has 0 fully saturated rings. The smallest absolute Gasteiger partial charge is 0.344 e. The van der Waals surface area contributed by atoms with Crippen LogP contribution in [0.2, 0.25) is 0 Å². The van der Waals surface area contributed by atoms with Gasteiger partial charge in [0.2, 0.25) is 0 Å². The van der Waals surface area contributed by atoms with E-state index >= 15 is 0 Å². The predicted molar refractivity (Wildman–Crippen MR) is 77.5 cm³/mol. The highest BCUT2D eigenvalue weighted by atomic mass is 35.5. The van der Waals surface area contributed by atoms with E-state index in [1.165, 1.54) is 6.08 Å². The van der Waals surface area contributed by atoms with Crippen molar-refractivity contribution in [2.45, 2.75) is 6.92 Å². The summed E-state index contributed by atoms with van der Waals surface area (Å²) in [5.41, 5.74) is 4.07. The molecule has 0 heterocycles. The normalized spacial score (nSPS) is 11.2. The molecule has 0 aromatic heterocycles. The third-order valence-corrected chi connectivity index (χ3v) is 3.01. The summed E-state index contributed by atoms with van der Waals surface area (Å²) in [5.74, 6) is -0.564. The third-order valence-electron chi connectivity index (χ3n) is 2.86. The van der Waals surface area contributed by atoms with Gasteiger partial charge in [0.15, 0.2) is 0 Å². The summed E-state index contributed by atoms with van der Waals surface area (Å²) in [6, 6.07) is 18.1. The summed E-state index contributed by atoms with van der Waals surface area (Å²) in [6.45, 7) is 1.84. The van der Waals surface area contributed by atoms with Crippen molar-refractivity contribution in [2.24, 2.45) is 0 Å². The molecule has 0 amide bonds. The molecule has 0 radical (unpaired) electrons. The number of hydrogen-bond acceptors (Lipinski definition) is 2. The fraction of sp³-hybridized carbons (Fsp3) is 0.0625. The van der Waals surface area contributed by atoms with Gasteiger partial charge in [0.05, 0.1) is 0 Å². The van der Waals surface area contributed by atoms with E-state index in [-0.39, 0.29) is 0 Å². The number of benzene rings is 2. The zero-order valence-corrected chi connectivity index (χ0v) is 11.2. The summed E-state index contributed by atoms with van der Waals surface area (Å²) in [4.78, 5) is 11.1. The Balaban J connectivity index is 2.24. The molecule has 0 aliphatic rings. The van der Waals surface area contributed by atoms with E-state index in [1.807, 2.05) is 49.4 Å². The van der Waals surface area contributed by atoms with Crippen molar-refractivity contribution in [3.05, 3.63) is 66.2 Å². The fourth-order valence-electron chi connectivity index (χ4n) is 1.84. The van der Waals surface area contributed by atoms with Crippen LogP contribution in [0.5, 0.6) is 0 Å². The summed E-state index contributed by atoms with van der Waals surface area (Å²) in [7, 11) is 0. The van der Waals surface area contributed by atoms with Crippen LogP contribution in [0.1, 0.15) is 12.5 Å². The number of hydrogen-bond donors (Lipinski definition) is 0. The lowest BCUT2D eigenvalue weighted by Gasteiger charge is -2.04. The molecule has 0 spiro atoms. The lowest BCUT2D eigenvalue weighted by atomic mass is 10.0. The van der Waals surface area contributed by atoms with Crippen LogP contribution in [-0.2, 0) is 9.08 Å². The van der Waals surface area contributed by atoms with Crippen molar-refractivity contribution in [2.75, 3.05) is 0 Å². The topological polar surface area (TPSA) is 26.3 Å². The monoisotopic (exact) mass is 272 g/mol. The van der Waals surface area contributed by atoms with E-state index in [2.05, 4.69) is 16.4 Å². The number of carbonyl (C=O) groups is 1. The first kappa shape index (κ1) is 13.4. The molecule has 0 aliphatic heterocycles. The van der Waals surface area contributed by atoms with Gasteiger partial charge in [0.1, 0.15) is 11.9 Å². The van der Waals surface area contributed by atoms with Gasteiger partial charge in [0.25, 0.3) is 0 Å². The standard InChI is InChI=1S/C16H13ClO2/c1-12(11-16(18)19-17)13-7-9-15(10-8-13)14-5-3-2-4-6-14/h2-11H,1H3/b12-11+. The first-order valence-electron chi connectivity index (χ1n) is 5.87. The maximum atomic E-state index is 11.1. The first-order valence-corrected chi connectivity index (χ1v) is 6.18. The largest absolute Gasteiger partial charge is 0.349 e. The van der Waals surface area contributed by atoms with Crippen molar-refractivity contribution >= 4 is 23.4 Å². The van der Waals surface area contributed by atoms with Gasteiger partial charge in [-0.05, 0) is 29.2 Å². The van der Waals surface area contributed by atoms with Crippen LogP contribution in [0.3, 0.4) is 0 Å². The first-order chi connectivity index (χ1) is 9.20. The van der Waals surface area contributed by atoms with E-state index in [4.69, 9.17) is 11.9 Å². The Labute approximate surface area is 117 Å². The van der Waals surface area contributed by atoms with E-state index in [0.717, 1.165) is 22.3 Å². The van der Waals surface area contributed by atoms with Crippen LogP contribution >= 0.6 is 11.9 Å². The molecule has 2 aromatic carbocycles. The molecule has 0 saturated carbocycles. The van der Waals surface area contributed by atoms with E-state index < -0.39 is 5.97 Å². The molecule has 96 valence electrons. The highest BCUT2D eigenvalue weighted by Gasteiger charge is 2.02. The maximum absolute atomic E-state index is 11.1. The van der Waals surface area contributed by atoms with E-state index in [1.54, 1.807) is 0 Å². The quantitative estimate of drug-likeness (QED) is 0.772. The number of halogens is 1. The zero-order valence-electron chi connectivity index (χ0n) is 10.5. The van der Waals surface area contributed by atoms with Crippen LogP contribution in [-0.4, -0.2) is 5.97 Å². The Kier molecular flexibility index (Phi) is 4.37. The molecule has 0 unspecified atom stereocenters. The van der Waals surface area contributed by atoms with Crippen molar-refractivity contribution in [3.8, 4) is 11.1 Å². The number of allylic oxidation sites excluding steroid dienone is 1. The average molecular weight is 273 g/mol. The van der Waals surface area contributed by atoms with Crippen LogP contribution in [0, 0.1) is 0 Å². The molecule has 2 rings (SSSR count). The van der Waals surface area contributed by atoms with Crippen molar-refractivity contribution in [1.82, 2.24) is 0 Å². The van der Waals surface area contributed by atoms with Crippen molar-refractivity contribution < 1.29 is 9.08 Å². The molecular weight excluding hydrogens is 260 g/mol. The average Bonchev–Trinajstić information content (AvgIpc) is 2.48. The molecule has 0 saturated heterocycles. The van der Waals surface area contributed by atoms with Crippen LogP contribution in [0.15, 0.2) is 60.7 Å². The van der Waals surface area contributed by atoms with Gasteiger partial charge in [-0.15, -0.1) is 0 Å². The lowest BCUT2D eigenvalue weighted by molar-refractivity contribution is -0.128. The van der Waals surface area contributed by atoms with E-state index in [9.17, 15) is 4.79 Å². The van der Waals surface area contributed by atoms with Gasteiger partial charge in [-0.25, -0.2) is 4.79 Å². The van der Waals surface area contributed by atoms with Gasteiger partial charge in [0, 0.05) is 6.08 Å². The molecule has 2 nitrogen and oxygen atoms in total. The number of carbonyl (C=O) groups excluding carboxylic acids is 1. The second-order valence-electron chi connectivity index (χ2n) is 4.17. The van der Waals surface area contributed by atoms with Crippen LogP contribution in [0.25, 0.3) is 16.7 Å². The summed E-state index contributed by atoms with van der Waals surface area (Å²) in [5, 5.41) is 0. The summed E-state index contributed by atoms with van der Waals surface area (Å²) < 4.78 is 4.09. The Hall–Kier alpha value is -2.06. The Morgan fingerprint density at radius 1 is 1.00 bits per heavy atom. The molecule has 2 aromatic rings. The van der Waals surface area contributed by atoms with E-state index in [0.29, 0.717) is 0 Å². The Morgan fingerprint density at radius 2 is 1.58 bits per heavy atom. The third kappa shape index (κ3) is 3.46. The van der Waals surface area contributed by atoms with Crippen LogP contribution < -0.4 is 0 Å². The van der Waals surface area contributed by atoms with Gasteiger partial charge in [-0.2, -0.15) is 0 Å². The molecule has 3 heteroatoms. The molecule has 0 bridgehead atoms. The summed E-state index contributed by atoms with van der Waals surface area (Å²) in [6.07, 6.45) is 1.37. The second kappa shape index (κ2) is 6.21. The minimum Gasteiger partial charge on any atom is -0.344 e. The Morgan fingerprint density at radius 3 is 2.16 bits per heavy atom. The predicted octanol–water partition coefficient (Wildman–Crippen LogP) is 4.45. The van der Waals surface area contributed by atoms with Crippen LogP contribution in [0.4, 0.5) is 0 Å². The highest BCUT2D eigenvalue weighted by molar-refractivity contribution is 6.15.